The van der Waals surface area contributed by atoms with Crippen molar-refractivity contribution in [2.24, 2.45) is 0 Å². The lowest BCUT2D eigenvalue weighted by molar-refractivity contribution is 0.162. The Bertz CT molecular complexity index is 268. The van der Waals surface area contributed by atoms with Crippen molar-refractivity contribution >= 4 is 21.6 Å². The molecule has 1 aliphatic rings. The van der Waals surface area contributed by atoms with Gasteiger partial charge in [-0.1, -0.05) is 0 Å². The van der Waals surface area contributed by atoms with E-state index in [9.17, 15) is 8.42 Å². The van der Waals surface area contributed by atoms with Gasteiger partial charge in [0.05, 0.1) is 12.4 Å². The molecular weight excluding hydrogens is 226 g/mol. The Kier molecular flexibility index (Phi) is 4.63. The second-order valence-corrected chi connectivity index (χ2v) is 5.96. The molecule has 0 saturated carbocycles. The maximum atomic E-state index is 11.6. The molecule has 0 aromatic heterocycles. The Hall–Kier alpha value is 0.160. The Labute approximate surface area is 90.2 Å². The van der Waals surface area contributed by atoms with Crippen LogP contribution < -0.4 is 0 Å². The maximum Gasteiger partial charge on any atom is 0.216 e. The normalized spacial score (nSPS) is 24.3. The minimum Gasteiger partial charge on any atom is -0.381 e. The molecule has 1 fully saturated rings. The predicted molar refractivity (Wildman–Crippen MR) is 56.1 cm³/mol. The van der Waals surface area contributed by atoms with E-state index in [0.717, 1.165) is 6.42 Å². The summed E-state index contributed by atoms with van der Waals surface area (Å²) >= 11 is 5.84. The lowest BCUT2D eigenvalue weighted by Gasteiger charge is -2.15. The quantitative estimate of drug-likeness (QED) is 0.525. The lowest BCUT2D eigenvalue weighted by atomic mass is 10.4. The molecule has 0 aromatic carbocycles. The van der Waals surface area contributed by atoms with E-state index in [-0.39, 0.29) is 17.7 Å². The van der Waals surface area contributed by atoms with E-state index in [1.165, 1.54) is 4.31 Å². The molecule has 0 aromatic rings. The standard InChI is InChI=1S/C8H16ClNO3S/c1-2-13-5-6-14(11,12)10-4-3-8(9)7-10/h8H,2-7H2,1H3. The highest BCUT2D eigenvalue weighted by molar-refractivity contribution is 7.89. The number of ether oxygens (including phenoxy) is 1. The summed E-state index contributed by atoms with van der Waals surface area (Å²) in [6.45, 7) is 3.64. The van der Waals surface area contributed by atoms with Crippen molar-refractivity contribution in [1.82, 2.24) is 4.31 Å². The first kappa shape index (κ1) is 12.2. The van der Waals surface area contributed by atoms with Crippen molar-refractivity contribution in [2.75, 3.05) is 32.1 Å². The van der Waals surface area contributed by atoms with E-state index >= 15 is 0 Å². The fourth-order valence-corrected chi connectivity index (χ4v) is 3.10. The molecular formula is C8H16ClNO3S. The molecule has 0 spiro atoms. The fourth-order valence-electron chi connectivity index (χ4n) is 1.38. The van der Waals surface area contributed by atoms with Gasteiger partial charge < -0.3 is 4.74 Å². The second kappa shape index (κ2) is 5.30. The van der Waals surface area contributed by atoms with Crippen molar-refractivity contribution in [3.8, 4) is 0 Å². The zero-order chi connectivity index (χ0) is 10.6. The zero-order valence-electron chi connectivity index (χ0n) is 8.28. The number of hydrogen-bond acceptors (Lipinski definition) is 3. The average Bonchev–Trinajstić information content (AvgIpc) is 2.53. The number of alkyl halides is 1. The van der Waals surface area contributed by atoms with Crippen molar-refractivity contribution in [3.63, 3.8) is 0 Å². The van der Waals surface area contributed by atoms with E-state index in [2.05, 4.69) is 0 Å². The first-order valence-electron chi connectivity index (χ1n) is 4.76. The number of rotatable bonds is 5. The Balaban J connectivity index is 2.41. The molecule has 1 unspecified atom stereocenters. The highest BCUT2D eigenvalue weighted by atomic mass is 35.5. The van der Waals surface area contributed by atoms with Gasteiger partial charge in [-0.2, -0.15) is 0 Å². The minimum absolute atomic E-state index is 0.0307. The first-order valence-corrected chi connectivity index (χ1v) is 6.80. The van der Waals surface area contributed by atoms with Gasteiger partial charge >= 0.3 is 0 Å². The van der Waals surface area contributed by atoms with E-state index in [1.807, 2.05) is 6.92 Å². The third-order valence-electron chi connectivity index (χ3n) is 2.18. The van der Waals surface area contributed by atoms with E-state index < -0.39 is 10.0 Å². The van der Waals surface area contributed by atoms with Crippen molar-refractivity contribution in [2.45, 2.75) is 18.7 Å². The summed E-state index contributed by atoms with van der Waals surface area (Å²) in [6.07, 6.45) is 0.745. The highest BCUT2D eigenvalue weighted by Crippen LogP contribution is 2.18. The van der Waals surface area contributed by atoms with Gasteiger partial charge in [0.1, 0.15) is 0 Å². The van der Waals surface area contributed by atoms with Crippen molar-refractivity contribution < 1.29 is 13.2 Å². The van der Waals surface area contributed by atoms with Crippen LogP contribution in [0.2, 0.25) is 0 Å². The zero-order valence-corrected chi connectivity index (χ0v) is 9.85. The van der Waals surface area contributed by atoms with Gasteiger partial charge in [0, 0.05) is 25.1 Å². The predicted octanol–water partition coefficient (Wildman–Crippen LogP) is 0.666. The molecule has 1 heterocycles. The summed E-state index contributed by atoms with van der Waals surface area (Å²) in [5.74, 6) is 0.0600. The minimum atomic E-state index is -3.14. The summed E-state index contributed by atoms with van der Waals surface area (Å²) in [5, 5.41) is -0.0307. The summed E-state index contributed by atoms with van der Waals surface area (Å²) < 4.78 is 29.7. The summed E-state index contributed by atoms with van der Waals surface area (Å²) in [4.78, 5) is 0. The van der Waals surface area contributed by atoms with Crippen LogP contribution in [0.5, 0.6) is 0 Å². The Morgan fingerprint density at radius 2 is 2.29 bits per heavy atom. The number of nitrogens with zero attached hydrogens (tertiary/aromatic N) is 1. The Morgan fingerprint density at radius 1 is 1.57 bits per heavy atom. The third kappa shape index (κ3) is 3.38. The summed E-state index contributed by atoms with van der Waals surface area (Å²) in [6, 6.07) is 0. The Morgan fingerprint density at radius 3 is 2.79 bits per heavy atom. The van der Waals surface area contributed by atoms with Gasteiger partial charge in [-0.15, -0.1) is 11.6 Å². The van der Waals surface area contributed by atoms with Crippen LogP contribution >= 0.6 is 11.6 Å². The topological polar surface area (TPSA) is 46.6 Å². The van der Waals surface area contributed by atoms with Crippen LogP contribution in [0.15, 0.2) is 0 Å². The third-order valence-corrected chi connectivity index (χ3v) is 4.33. The number of halogens is 1. The van der Waals surface area contributed by atoms with Gasteiger partial charge in [-0.3, -0.25) is 0 Å². The molecule has 0 amide bonds. The largest absolute Gasteiger partial charge is 0.381 e. The molecule has 14 heavy (non-hydrogen) atoms. The van der Waals surface area contributed by atoms with Crippen LogP contribution in [0.4, 0.5) is 0 Å². The lowest BCUT2D eigenvalue weighted by Crippen LogP contribution is -2.32. The van der Waals surface area contributed by atoms with Crippen LogP contribution in [0.1, 0.15) is 13.3 Å². The number of hydrogen-bond donors (Lipinski definition) is 0. The first-order chi connectivity index (χ1) is 6.56. The van der Waals surface area contributed by atoms with Gasteiger partial charge in [-0.25, -0.2) is 12.7 Å². The van der Waals surface area contributed by atoms with E-state index in [4.69, 9.17) is 16.3 Å². The molecule has 0 radical (unpaired) electrons. The number of sulfonamides is 1. The molecule has 1 aliphatic heterocycles. The van der Waals surface area contributed by atoms with Crippen LogP contribution in [0.3, 0.4) is 0 Å². The molecule has 0 aliphatic carbocycles. The molecule has 0 bridgehead atoms. The summed E-state index contributed by atoms with van der Waals surface area (Å²) in [7, 11) is -3.14. The van der Waals surface area contributed by atoms with Gasteiger partial charge in [0.25, 0.3) is 0 Å². The van der Waals surface area contributed by atoms with Crippen molar-refractivity contribution in [3.05, 3.63) is 0 Å². The molecule has 6 heteroatoms. The molecule has 1 saturated heterocycles. The van der Waals surface area contributed by atoms with Crippen LogP contribution in [-0.4, -0.2) is 50.2 Å². The van der Waals surface area contributed by atoms with Gasteiger partial charge in [0.15, 0.2) is 0 Å². The van der Waals surface area contributed by atoms with Crippen LogP contribution in [0, 0.1) is 0 Å². The summed E-state index contributed by atoms with van der Waals surface area (Å²) in [5.41, 5.74) is 0. The molecule has 0 N–H and O–H groups in total. The molecule has 1 rings (SSSR count). The fraction of sp³-hybridized carbons (Fsp3) is 1.00. The highest BCUT2D eigenvalue weighted by Gasteiger charge is 2.29. The second-order valence-electron chi connectivity index (χ2n) is 3.26. The van der Waals surface area contributed by atoms with Crippen LogP contribution in [-0.2, 0) is 14.8 Å². The van der Waals surface area contributed by atoms with E-state index in [1.54, 1.807) is 0 Å². The SMILES string of the molecule is CCOCCS(=O)(=O)N1CCC(Cl)C1. The molecule has 1 atom stereocenters. The average molecular weight is 242 g/mol. The van der Waals surface area contributed by atoms with Crippen LogP contribution in [0.25, 0.3) is 0 Å². The smallest absolute Gasteiger partial charge is 0.216 e. The maximum absolute atomic E-state index is 11.6. The van der Waals surface area contributed by atoms with E-state index in [0.29, 0.717) is 19.7 Å². The molecule has 4 nitrogen and oxygen atoms in total. The van der Waals surface area contributed by atoms with Crippen molar-refractivity contribution in [1.29, 1.82) is 0 Å². The monoisotopic (exact) mass is 241 g/mol. The molecule has 84 valence electrons. The van der Waals surface area contributed by atoms with Gasteiger partial charge in [0.2, 0.25) is 10.0 Å². The van der Waals surface area contributed by atoms with Gasteiger partial charge in [-0.05, 0) is 13.3 Å².